The first-order valence-corrected chi connectivity index (χ1v) is 8.79. The van der Waals surface area contributed by atoms with E-state index in [1.807, 2.05) is 6.07 Å². The second-order valence-corrected chi connectivity index (χ2v) is 7.11. The zero-order valence-corrected chi connectivity index (χ0v) is 15.8. The third-order valence-corrected chi connectivity index (χ3v) is 4.68. The van der Waals surface area contributed by atoms with E-state index < -0.39 is 11.6 Å². The summed E-state index contributed by atoms with van der Waals surface area (Å²) in [6, 6.07) is 10.4. The number of carbonyl (C=O) groups is 2. The third kappa shape index (κ3) is 4.04. The van der Waals surface area contributed by atoms with Crippen LogP contribution in [0.15, 0.2) is 40.8 Å². The van der Waals surface area contributed by atoms with Crippen molar-refractivity contribution in [2.24, 2.45) is 0 Å². The Morgan fingerprint density at radius 3 is 2.67 bits per heavy atom. The molecule has 7 heteroatoms. The summed E-state index contributed by atoms with van der Waals surface area (Å²) >= 11 is 0. The number of hydrogen-bond donors (Lipinski definition) is 1. The number of hydrogen-bond acceptors (Lipinski definition) is 5. The number of benzene rings is 1. The highest BCUT2D eigenvalue weighted by molar-refractivity contribution is 5.95. The van der Waals surface area contributed by atoms with Gasteiger partial charge >= 0.3 is 5.97 Å². The van der Waals surface area contributed by atoms with Gasteiger partial charge in [-0.3, -0.25) is 9.69 Å². The van der Waals surface area contributed by atoms with Gasteiger partial charge in [0.05, 0.1) is 18.7 Å². The normalized spacial score (nSPS) is 20.4. The standard InChI is InChI=1S/C20H24N2O5/c1-20(19(25)21(2)3)13-22(10-11-26-20)12-14-8-9-17(27-14)15-6-4-5-7-16(15)18(23)24/h4-9H,10-13H2,1-3H3,(H,23,24). The summed E-state index contributed by atoms with van der Waals surface area (Å²) in [4.78, 5) is 27.5. The maximum atomic E-state index is 12.4. The fourth-order valence-electron chi connectivity index (χ4n) is 3.40. The summed E-state index contributed by atoms with van der Waals surface area (Å²) in [5.74, 6) is 0.174. The second-order valence-electron chi connectivity index (χ2n) is 7.11. The van der Waals surface area contributed by atoms with Crippen LogP contribution >= 0.6 is 0 Å². The molecular weight excluding hydrogens is 348 g/mol. The summed E-state index contributed by atoms with van der Waals surface area (Å²) in [5, 5.41) is 9.35. The van der Waals surface area contributed by atoms with Gasteiger partial charge in [0.15, 0.2) is 5.60 Å². The smallest absolute Gasteiger partial charge is 0.336 e. The van der Waals surface area contributed by atoms with E-state index in [0.717, 1.165) is 0 Å². The van der Waals surface area contributed by atoms with E-state index in [1.54, 1.807) is 51.4 Å². The molecule has 3 rings (SSSR count). The highest BCUT2D eigenvalue weighted by Crippen LogP contribution is 2.27. The number of carbonyl (C=O) groups excluding carboxylic acids is 1. The molecule has 144 valence electrons. The van der Waals surface area contributed by atoms with Gasteiger partial charge in [-0.1, -0.05) is 18.2 Å². The van der Waals surface area contributed by atoms with Crippen molar-refractivity contribution in [2.45, 2.75) is 19.1 Å². The third-order valence-electron chi connectivity index (χ3n) is 4.68. The van der Waals surface area contributed by atoms with E-state index >= 15 is 0 Å². The topological polar surface area (TPSA) is 83.2 Å². The number of ether oxygens (including phenoxy) is 1. The van der Waals surface area contributed by atoms with Crippen molar-refractivity contribution in [1.29, 1.82) is 0 Å². The molecule has 0 saturated carbocycles. The molecule has 0 bridgehead atoms. The fourth-order valence-corrected chi connectivity index (χ4v) is 3.40. The Hall–Kier alpha value is -2.64. The molecule has 1 N–H and O–H groups in total. The molecule has 1 atom stereocenters. The lowest BCUT2D eigenvalue weighted by Gasteiger charge is -2.40. The summed E-state index contributed by atoms with van der Waals surface area (Å²) < 4.78 is 11.6. The Morgan fingerprint density at radius 1 is 1.22 bits per heavy atom. The van der Waals surface area contributed by atoms with E-state index in [0.29, 0.717) is 43.3 Å². The molecule has 7 nitrogen and oxygen atoms in total. The molecule has 0 spiro atoms. The maximum absolute atomic E-state index is 12.4. The largest absolute Gasteiger partial charge is 0.478 e. The molecule has 1 aromatic carbocycles. The van der Waals surface area contributed by atoms with Gasteiger partial charge in [-0.2, -0.15) is 0 Å². The quantitative estimate of drug-likeness (QED) is 0.867. The number of nitrogens with zero attached hydrogens (tertiary/aromatic N) is 2. The monoisotopic (exact) mass is 372 g/mol. The SMILES string of the molecule is CN(C)C(=O)C1(C)CN(Cc2ccc(-c3ccccc3C(=O)O)o2)CCO1. The van der Waals surface area contributed by atoms with Crippen molar-refractivity contribution in [3.05, 3.63) is 47.7 Å². The van der Waals surface area contributed by atoms with E-state index in [9.17, 15) is 14.7 Å². The molecule has 1 amide bonds. The van der Waals surface area contributed by atoms with Gasteiger partial charge in [-0.15, -0.1) is 0 Å². The lowest BCUT2D eigenvalue weighted by molar-refractivity contribution is -0.165. The molecule has 1 fully saturated rings. The zero-order valence-electron chi connectivity index (χ0n) is 15.8. The molecule has 1 saturated heterocycles. The predicted molar refractivity (Wildman–Crippen MR) is 99.4 cm³/mol. The van der Waals surface area contributed by atoms with Crippen molar-refractivity contribution < 1.29 is 23.8 Å². The lowest BCUT2D eigenvalue weighted by atomic mass is 10.0. The Bertz CT molecular complexity index is 844. The van der Waals surface area contributed by atoms with Crippen LogP contribution in [0.1, 0.15) is 23.0 Å². The molecular formula is C20H24N2O5. The van der Waals surface area contributed by atoms with Gasteiger partial charge in [-0.25, -0.2) is 4.79 Å². The number of aromatic carboxylic acids is 1. The molecule has 27 heavy (non-hydrogen) atoms. The molecule has 2 aromatic rings. The Labute approximate surface area is 158 Å². The van der Waals surface area contributed by atoms with Crippen molar-refractivity contribution in [3.63, 3.8) is 0 Å². The Balaban J connectivity index is 1.75. The minimum absolute atomic E-state index is 0.0669. The Kier molecular flexibility index (Phi) is 5.34. The first kappa shape index (κ1) is 19.1. The van der Waals surface area contributed by atoms with Crippen LogP contribution in [0.4, 0.5) is 0 Å². The fraction of sp³-hybridized carbons (Fsp3) is 0.400. The summed E-state index contributed by atoms with van der Waals surface area (Å²) in [6.07, 6.45) is 0. The number of carboxylic acids is 1. The van der Waals surface area contributed by atoms with E-state index in [-0.39, 0.29) is 11.5 Å². The first-order chi connectivity index (χ1) is 12.8. The maximum Gasteiger partial charge on any atom is 0.336 e. The van der Waals surface area contributed by atoms with Crippen molar-refractivity contribution in [3.8, 4) is 11.3 Å². The highest BCUT2D eigenvalue weighted by atomic mass is 16.5. The summed E-state index contributed by atoms with van der Waals surface area (Å²) in [7, 11) is 3.43. The van der Waals surface area contributed by atoms with E-state index in [1.165, 1.54) is 4.90 Å². The van der Waals surface area contributed by atoms with Gasteiger partial charge in [0, 0.05) is 32.7 Å². The number of carboxylic acid groups (broad SMARTS) is 1. The average molecular weight is 372 g/mol. The van der Waals surface area contributed by atoms with Crippen LogP contribution in [-0.4, -0.2) is 66.2 Å². The van der Waals surface area contributed by atoms with Crippen LogP contribution in [0.3, 0.4) is 0 Å². The van der Waals surface area contributed by atoms with Crippen LogP contribution in [0.25, 0.3) is 11.3 Å². The highest BCUT2D eigenvalue weighted by Gasteiger charge is 2.40. The molecule has 0 radical (unpaired) electrons. The number of likely N-dealkylation sites (N-methyl/N-ethyl adjacent to an activating group) is 1. The zero-order chi connectivity index (χ0) is 19.6. The van der Waals surface area contributed by atoms with Gasteiger partial charge in [0.1, 0.15) is 11.5 Å². The van der Waals surface area contributed by atoms with Crippen LogP contribution < -0.4 is 0 Å². The van der Waals surface area contributed by atoms with Gasteiger partial charge < -0.3 is 19.2 Å². The van der Waals surface area contributed by atoms with Crippen molar-refractivity contribution in [1.82, 2.24) is 9.80 Å². The Morgan fingerprint density at radius 2 is 1.96 bits per heavy atom. The number of furan rings is 1. The number of morpholine rings is 1. The molecule has 0 aliphatic carbocycles. The molecule has 1 aliphatic rings. The molecule has 1 aliphatic heterocycles. The van der Waals surface area contributed by atoms with Crippen LogP contribution in [0, 0.1) is 0 Å². The second kappa shape index (κ2) is 7.54. The van der Waals surface area contributed by atoms with Crippen LogP contribution in [0.2, 0.25) is 0 Å². The van der Waals surface area contributed by atoms with Crippen LogP contribution in [-0.2, 0) is 16.1 Å². The minimum Gasteiger partial charge on any atom is -0.478 e. The van der Waals surface area contributed by atoms with Gasteiger partial charge in [-0.05, 0) is 25.1 Å². The van der Waals surface area contributed by atoms with Gasteiger partial charge in [0.25, 0.3) is 5.91 Å². The molecule has 2 heterocycles. The van der Waals surface area contributed by atoms with Crippen molar-refractivity contribution >= 4 is 11.9 Å². The summed E-state index contributed by atoms with van der Waals surface area (Å²) in [6.45, 7) is 3.95. The lowest BCUT2D eigenvalue weighted by Crippen LogP contribution is -2.57. The first-order valence-electron chi connectivity index (χ1n) is 8.79. The van der Waals surface area contributed by atoms with Crippen molar-refractivity contribution in [2.75, 3.05) is 33.8 Å². The number of amides is 1. The van der Waals surface area contributed by atoms with E-state index in [2.05, 4.69) is 4.90 Å². The predicted octanol–water partition coefficient (Wildman–Crippen LogP) is 2.32. The van der Waals surface area contributed by atoms with Gasteiger partial charge in [0.2, 0.25) is 0 Å². The van der Waals surface area contributed by atoms with Crippen LogP contribution in [0.5, 0.6) is 0 Å². The van der Waals surface area contributed by atoms with E-state index in [4.69, 9.17) is 9.15 Å². The minimum atomic E-state index is -0.991. The molecule has 1 aromatic heterocycles. The average Bonchev–Trinajstić information content (AvgIpc) is 3.09. The summed E-state index contributed by atoms with van der Waals surface area (Å²) in [5.41, 5.74) is -0.132. The number of rotatable bonds is 5. The molecule has 1 unspecified atom stereocenters.